The van der Waals surface area contributed by atoms with Gasteiger partial charge < -0.3 is 15.5 Å². The summed E-state index contributed by atoms with van der Waals surface area (Å²) in [5.74, 6) is -0.292. The number of rotatable bonds is 8. The number of nitrogens with zero attached hydrogens (tertiary/aromatic N) is 2. The Morgan fingerprint density at radius 2 is 2.10 bits per heavy atom. The summed E-state index contributed by atoms with van der Waals surface area (Å²) in [5, 5.41) is 16.7. The van der Waals surface area contributed by atoms with Gasteiger partial charge in [-0.2, -0.15) is 0 Å². The van der Waals surface area contributed by atoms with Crippen LogP contribution >= 0.6 is 0 Å². The van der Waals surface area contributed by atoms with Crippen molar-refractivity contribution in [2.24, 2.45) is 0 Å². The van der Waals surface area contributed by atoms with Gasteiger partial charge in [0.25, 0.3) is 11.6 Å². The molecule has 0 aliphatic heterocycles. The largest absolute Gasteiger partial charge is 0.380 e. The van der Waals surface area contributed by atoms with Crippen LogP contribution in [0.3, 0.4) is 0 Å². The molecule has 1 aromatic rings. The summed E-state index contributed by atoms with van der Waals surface area (Å²) in [6, 6.07) is 4.46. The Morgan fingerprint density at radius 1 is 1.38 bits per heavy atom. The number of carbonyl (C=O) groups excluding carboxylic acids is 1. The van der Waals surface area contributed by atoms with E-state index in [9.17, 15) is 14.9 Å². The van der Waals surface area contributed by atoms with Crippen LogP contribution in [0.25, 0.3) is 0 Å². The fourth-order valence-corrected chi connectivity index (χ4v) is 1.86. The second kappa shape index (κ2) is 8.21. The molecule has 0 saturated heterocycles. The van der Waals surface area contributed by atoms with Gasteiger partial charge in [0.2, 0.25) is 0 Å². The second-order valence-corrected chi connectivity index (χ2v) is 4.93. The Balaban J connectivity index is 2.72. The van der Waals surface area contributed by atoms with Crippen LogP contribution in [0.1, 0.15) is 23.7 Å². The van der Waals surface area contributed by atoms with Crippen LogP contribution < -0.4 is 10.6 Å². The first-order valence-electron chi connectivity index (χ1n) is 6.91. The monoisotopic (exact) mass is 294 g/mol. The third-order valence-corrected chi connectivity index (χ3v) is 2.89. The molecular formula is C14H22N4O3. The fourth-order valence-electron chi connectivity index (χ4n) is 1.86. The maximum Gasteiger partial charge on any atom is 0.293 e. The first-order valence-corrected chi connectivity index (χ1v) is 6.91. The van der Waals surface area contributed by atoms with E-state index in [1.807, 2.05) is 25.9 Å². The Hall–Kier alpha value is -2.15. The van der Waals surface area contributed by atoms with E-state index in [-0.39, 0.29) is 11.6 Å². The van der Waals surface area contributed by atoms with Crippen molar-refractivity contribution in [3.05, 3.63) is 33.9 Å². The summed E-state index contributed by atoms with van der Waals surface area (Å²) < 4.78 is 0. The summed E-state index contributed by atoms with van der Waals surface area (Å²) >= 11 is 0. The number of hydrogen-bond acceptors (Lipinski definition) is 5. The van der Waals surface area contributed by atoms with Gasteiger partial charge in [0.15, 0.2) is 0 Å². The molecule has 0 fully saturated rings. The van der Waals surface area contributed by atoms with E-state index in [4.69, 9.17) is 0 Å². The number of hydrogen-bond donors (Lipinski definition) is 2. The predicted octanol–water partition coefficient (Wildman–Crippen LogP) is 1.71. The number of anilines is 1. The van der Waals surface area contributed by atoms with Crippen LogP contribution in [0.5, 0.6) is 0 Å². The molecule has 1 rings (SSSR count). The first kappa shape index (κ1) is 16.9. The molecule has 7 heteroatoms. The number of benzene rings is 1. The van der Waals surface area contributed by atoms with E-state index in [1.165, 1.54) is 6.07 Å². The third kappa shape index (κ3) is 5.39. The van der Waals surface area contributed by atoms with Gasteiger partial charge >= 0.3 is 0 Å². The van der Waals surface area contributed by atoms with Gasteiger partial charge in [0.05, 0.1) is 4.92 Å². The summed E-state index contributed by atoms with van der Waals surface area (Å²) in [4.78, 5) is 24.5. The highest BCUT2D eigenvalue weighted by molar-refractivity contribution is 5.95. The van der Waals surface area contributed by atoms with Crippen molar-refractivity contribution in [3.8, 4) is 0 Å². The van der Waals surface area contributed by atoms with Crippen LogP contribution in [-0.4, -0.2) is 49.5 Å². The fraction of sp³-hybridized carbons (Fsp3) is 0.500. The maximum absolute atomic E-state index is 12.0. The molecule has 0 spiro atoms. The normalized spacial score (nSPS) is 10.5. The highest BCUT2D eigenvalue weighted by Crippen LogP contribution is 2.25. The molecule has 0 saturated carbocycles. The molecule has 0 unspecified atom stereocenters. The minimum absolute atomic E-state index is 0.0854. The number of amides is 1. The SMILES string of the molecule is CCNc1ccc(C(=O)NCCCN(C)C)cc1[N+](=O)[O-]. The van der Waals surface area contributed by atoms with Gasteiger partial charge in [-0.25, -0.2) is 0 Å². The van der Waals surface area contributed by atoms with E-state index >= 15 is 0 Å². The smallest absolute Gasteiger partial charge is 0.293 e. The molecule has 0 aliphatic rings. The van der Waals surface area contributed by atoms with Crippen molar-refractivity contribution in [1.82, 2.24) is 10.2 Å². The number of carbonyl (C=O) groups is 1. The quantitative estimate of drug-likeness (QED) is 0.433. The second-order valence-electron chi connectivity index (χ2n) is 4.93. The van der Waals surface area contributed by atoms with Crippen molar-refractivity contribution in [2.75, 3.05) is 39.0 Å². The zero-order valence-electron chi connectivity index (χ0n) is 12.7. The van der Waals surface area contributed by atoms with Gasteiger partial charge in [-0.05, 0) is 46.1 Å². The van der Waals surface area contributed by atoms with E-state index in [2.05, 4.69) is 10.6 Å². The highest BCUT2D eigenvalue weighted by Gasteiger charge is 2.16. The summed E-state index contributed by atoms with van der Waals surface area (Å²) in [5.41, 5.74) is 0.637. The van der Waals surface area contributed by atoms with E-state index < -0.39 is 4.92 Å². The summed E-state index contributed by atoms with van der Waals surface area (Å²) in [6.07, 6.45) is 0.830. The Kier molecular flexibility index (Phi) is 6.61. The minimum Gasteiger partial charge on any atom is -0.380 e. The number of nitro groups is 1. The molecule has 1 amide bonds. The Morgan fingerprint density at radius 3 is 2.67 bits per heavy atom. The van der Waals surface area contributed by atoms with Gasteiger partial charge in [0.1, 0.15) is 5.69 Å². The lowest BCUT2D eigenvalue weighted by Gasteiger charge is -2.10. The molecule has 116 valence electrons. The lowest BCUT2D eigenvalue weighted by atomic mass is 10.1. The molecular weight excluding hydrogens is 272 g/mol. The molecule has 0 radical (unpaired) electrons. The van der Waals surface area contributed by atoms with Crippen molar-refractivity contribution >= 4 is 17.3 Å². The number of nitrogens with one attached hydrogen (secondary N) is 2. The van der Waals surface area contributed by atoms with Gasteiger partial charge in [0, 0.05) is 24.7 Å². The van der Waals surface area contributed by atoms with Gasteiger partial charge in [-0.1, -0.05) is 0 Å². The third-order valence-electron chi connectivity index (χ3n) is 2.89. The highest BCUT2D eigenvalue weighted by atomic mass is 16.6. The topological polar surface area (TPSA) is 87.5 Å². The van der Waals surface area contributed by atoms with Crippen molar-refractivity contribution < 1.29 is 9.72 Å². The predicted molar refractivity (Wildman–Crippen MR) is 82.8 cm³/mol. The minimum atomic E-state index is -0.485. The summed E-state index contributed by atoms with van der Waals surface area (Å²) in [7, 11) is 3.93. The van der Waals surface area contributed by atoms with E-state index in [0.717, 1.165) is 13.0 Å². The van der Waals surface area contributed by atoms with Crippen LogP contribution in [0.4, 0.5) is 11.4 Å². The van der Waals surface area contributed by atoms with E-state index in [0.29, 0.717) is 24.3 Å². The average molecular weight is 294 g/mol. The maximum atomic E-state index is 12.0. The van der Waals surface area contributed by atoms with Gasteiger partial charge in [-0.3, -0.25) is 14.9 Å². The lowest BCUT2D eigenvalue weighted by molar-refractivity contribution is -0.384. The molecule has 7 nitrogen and oxygen atoms in total. The standard InChI is InChI=1S/C14H22N4O3/c1-4-15-12-7-6-11(10-13(12)18(20)21)14(19)16-8-5-9-17(2)3/h6-7,10,15H,4-5,8-9H2,1-3H3,(H,16,19). The first-order chi connectivity index (χ1) is 9.95. The zero-order chi connectivity index (χ0) is 15.8. The number of nitro benzene ring substituents is 1. The van der Waals surface area contributed by atoms with Crippen molar-refractivity contribution in [3.63, 3.8) is 0 Å². The van der Waals surface area contributed by atoms with E-state index in [1.54, 1.807) is 12.1 Å². The molecule has 0 aromatic heterocycles. The molecule has 21 heavy (non-hydrogen) atoms. The molecule has 0 aliphatic carbocycles. The van der Waals surface area contributed by atoms with Crippen LogP contribution in [0, 0.1) is 10.1 Å². The van der Waals surface area contributed by atoms with Crippen molar-refractivity contribution in [1.29, 1.82) is 0 Å². The Bertz CT molecular complexity index is 503. The lowest BCUT2D eigenvalue weighted by Crippen LogP contribution is -2.27. The average Bonchev–Trinajstić information content (AvgIpc) is 2.43. The summed E-state index contributed by atoms with van der Waals surface area (Å²) in [6.45, 7) is 3.85. The molecule has 0 heterocycles. The zero-order valence-corrected chi connectivity index (χ0v) is 12.7. The van der Waals surface area contributed by atoms with Crippen molar-refractivity contribution in [2.45, 2.75) is 13.3 Å². The molecule has 0 bridgehead atoms. The van der Waals surface area contributed by atoms with Crippen LogP contribution in [-0.2, 0) is 0 Å². The molecule has 2 N–H and O–H groups in total. The van der Waals surface area contributed by atoms with Crippen LogP contribution in [0.2, 0.25) is 0 Å². The van der Waals surface area contributed by atoms with Gasteiger partial charge in [-0.15, -0.1) is 0 Å². The molecule has 0 atom stereocenters. The Labute approximate surface area is 124 Å². The van der Waals surface area contributed by atoms with Crippen LogP contribution in [0.15, 0.2) is 18.2 Å². The molecule has 1 aromatic carbocycles.